The zero-order valence-corrected chi connectivity index (χ0v) is 26.9. The summed E-state index contributed by atoms with van der Waals surface area (Å²) in [4.78, 5) is 0. The maximum Gasteiger partial charge on any atom is 2.00 e. The zero-order chi connectivity index (χ0) is 57.1. The van der Waals surface area contributed by atoms with E-state index in [1.165, 1.54) is 5.56 Å². The Labute approximate surface area is 333 Å². The first kappa shape index (κ1) is 12.6. The summed E-state index contributed by atoms with van der Waals surface area (Å²) < 4.78 is 244. The van der Waals surface area contributed by atoms with Crippen LogP contribution in [0, 0.1) is 13.0 Å². The van der Waals surface area contributed by atoms with Crippen LogP contribution in [0.5, 0.6) is 0 Å². The van der Waals surface area contributed by atoms with Crippen LogP contribution < -0.4 is 31.8 Å². The third-order valence-electron chi connectivity index (χ3n) is 5.15. The van der Waals surface area contributed by atoms with Crippen molar-refractivity contribution in [2.45, 2.75) is 6.92 Å². The Hall–Kier alpha value is -3.94. The van der Waals surface area contributed by atoms with Gasteiger partial charge in [-0.3, -0.25) is 0 Å². The normalized spacial score (nSPS) is 19.2. The predicted molar refractivity (Wildman–Crippen MR) is 200 cm³/mol. The summed E-state index contributed by atoms with van der Waals surface area (Å²) in [7, 11) is -5.60. The Kier molecular flexibility index (Phi) is 5.35. The second kappa shape index (κ2) is 19.5. The molecule has 0 aromatic heterocycles. The van der Waals surface area contributed by atoms with E-state index in [1.807, 2.05) is 24.3 Å². The van der Waals surface area contributed by atoms with E-state index in [4.69, 9.17) is 41.1 Å². The van der Waals surface area contributed by atoms with Crippen LogP contribution in [-0.4, -0.2) is 0 Å². The van der Waals surface area contributed by atoms with Gasteiger partial charge < -0.3 is 0 Å². The average molecular weight is 752 g/mol. The first-order valence-electron chi connectivity index (χ1n) is 27.7. The Bertz CT molecular complexity index is 2770. The Morgan fingerprint density at radius 2 is 0.565 bits per heavy atom. The summed E-state index contributed by atoms with van der Waals surface area (Å²) in [6, 6.07) is -12.1. The zero-order valence-electron chi connectivity index (χ0n) is 53.5. The number of hydrogen-bond acceptors (Lipinski definition) is 0. The van der Waals surface area contributed by atoms with Gasteiger partial charge in [0, 0.05) is 0 Å². The van der Waals surface area contributed by atoms with Crippen molar-refractivity contribution in [1.29, 1.82) is 0 Å². The molecule has 0 spiro atoms. The fraction of sp³-hybridized carbons (Fsp3) is 0.0233. The smallest absolute Gasteiger partial charge is 0.184 e. The molecule has 0 heterocycles. The quantitative estimate of drug-likeness (QED) is 0.0907. The summed E-state index contributed by atoms with van der Waals surface area (Å²) in [6.07, 6.45) is 0. The second-order valence-corrected chi connectivity index (χ2v) is 12.1. The van der Waals surface area contributed by atoms with Crippen molar-refractivity contribution in [3.63, 3.8) is 0 Å². The summed E-state index contributed by atoms with van der Waals surface area (Å²) in [5, 5.41) is -3.09. The van der Waals surface area contributed by atoms with Crippen LogP contribution >= 0.6 is 15.8 Å². The minimum Gasteiger partial charge on any atom is -0.184 e. The number of aryl methyl sites for hydroxylation is 1. The Morgan fingerprint density at radius 1 is 0.370 bits per heavy atom. The van der Waals surface area contributed by atoms with Crippen molar-refractivity contribution in [2.75, 3.05) is 0 Å². The van der Waals surface area contributed by atoms with E-state index in [-0.39, 0.29) is 20.4 Å². The van der Waals surface area contributed by atoms with Gasteiger partial charge in [-0.2, -0.15) is 35.9 Å². The van der Waals surface area contributed by atoms with E-state index in [9.17, 15) is 0 Å². The molecular weight excluding hydrogens is 685 g/mol. The van der Waals surface area contributed by atoms with Gasteiger partial charge in [0.1, 0.15) is 0 Å². The molecule has 0 nitrogen and oxygen atoms in total. The van der Waals surface area contributed by atoms with E-state index in [0.29, 0.717) is 0 Å². The van der Waals surface area contributed by atoms with Crippen LogP contribution in [-0.2, 0) is 20.4 Å². The monoisotopic (exact) mass is 751 g/mol. The molecule has 228 valence electrons. The van der Waals surface area contributed by atoms with Gasteiger partial charge in [-0.25, -0.2) is 0 Å². The molecule has 0 fully saturated rings. The first-order chi connectivity index (χ1) is 34.7. The number of benzene rings is 7. The third-order valence-corrected chi connectivity index (χ3v) is 9.17. The molecule has 0 aliphatic heterocycles. The molecule has 7 aromatic rings. The molecule has 0 aliphatic carbocycles. The molecule has 0 saturated heterocycles. The standard InChI is InChI=1S/2C18H15P.C7H7.Pd/c2*1-4-10-16(11-5-1)19(17-12-6-2-7-13-17)18-14-8-3-9-15-18;1-7-5-3-2-4-6-7;/h2*1-15H;3-6H,1H3;/q;;-1;+2/i2*1D,2D,3D,4D,5D,6D,7D,8D,9D,10D,11D,12D,13D,14D,15D;;. The average Bonchev–Trinajstić information content (AvgIpc) is 3.38. The summed E-state index contributed by atoms with van der Waals surface area (Å²) >= 11 is 0. The van der Waals surface area contributed by atoms with E-state index in [2.05, 4.69) is 13.0 Å². The topological polar surface area (TPSA) is 0 Å². The SMILES string of the molecule is Cc1cc[c-]cc1.[2H]c1c([2H])c([2H])c(P(c2c([2H])c([2H])c([2H])c([2H])c2[2H])c2c([2H])c([2H])c([2H])c([2H])c2[2H])c([2H])c1[2H].[2H]c1c([2H])c([2H])c(P(c2c([2H])c([2H])c([2H])c([2H])c2[2H])c2c([2H])c([2H])c([2H])c([2H])c2[2H])c([2H])c1[2H].[Pd+2]. The molecule has 0 unspecified atom stereocenters. The molecule has 3 heteroatoms. The molecule has 0 aliphatic rings. The van der Waals surface area contributed by atoms with Crippen molar-refractivity contribution >= 4 is 47.7 Å². The van der Waals surface area contributed by atoms with Crippen molar-refractivity contribution in [2.24, 2.45) is 0 Å². The fourth-order valence-electron chi connectivity index (χ4n) is 3.27. The van der Waals surface area contributed by atoms with Crippen molar-refractivity contribution in [3.8, 4) is 0 Å². The van der Waals surface area contributed by atoms with Gasteiger partial charge in [0.05, 0.1) is 41.1 Å². The maximum absolute atomic E-state index is 8.38. The van der Waals surface area contributed by atoms with Crippen LogP contribution in [0.15, 0.2) is 206 Å². The Balaban J connectivity index is 0.000000287. The van der Waals surface area contributed by atoms with Gasteiger partial charge in [-0.1, -0.05) is 188 Å². The van der Waals surface area contributed by atoms with Crippen LogP contribution in [0.2, 0.25) is 0 Å². The van der Waals surface area contributed by atoms with Gasteiger partial charge in [0.15, 0.2) is 0 Å². The number of rotatable bonds is 6. The van der Waals surface area contributed by atoms with Crippen LogP contribution in [0.1, 0.15) is 46.7 Å². The van der Waals surface area contributed by atoms with Crippen molar-refractivity contribution in [1.82, 2.24) is 0 Å². The summed E-state index contributed by atoms with van der Waals surface area (Å²) in [5.74, 6) is 0. The molecule has 7 aromatic carbocycles. The molecule has 0 bridgehead atoms. The van der Waals surface area contributed by atoms with E-state index < -0.39 is 229 Å². The molecule has 7 rings (SSSR count). The largest absolute Gasteiger partial charge is 2.00 e. The fourth-order valence-corrected chi connectivity index (χ4v) is 6.63. The number of hydrogen-bond donors (Lipinski definition) is 0. The molecular formula is C43H37P2Pd+. The predicted octanol–water partition coefficient (Wildman–Crippen LogP) is 8.68. The van der Waals surface area contributed by atoms with Gasteiger partial charge in [0.2, 0.25) is 0 Å². The molecule has 0 saturated carbocycles. The van der Waals surface area contributed by atoms with E-state index in [0.717, 1.165) is 0 Å². The van der Waals surface area contributed by atoms with Gasteiger partial charge in [-0.05, 0) is 47.7 Å². The minimum absolute atomic E-state index is 0. The minimum atomic E-state index is -2.80. The Morgan fingerprint density at radius 3 is 0.717 bits per heavy atom. The van der Waals surface area contributed by atoms with Crippen LogP contribution in [0.25, 0.3) is 0 Å². The van der Waals surface area contributed by atoms with Crippen molar-refractivity contribution < 1.29 is 61.5 Å². The molecule has 46 heavy (non-hydrogen) atoms. The molecule has 0 amide bonds. The van der Waals surface area contributed by atoms with Crippen molar-refractivity contribution in [3.05, 3.63) is 217 Å². The second-order valence-electron chi connectivity index (χ2n) is 8.09. The first-order valence-corrected chi connectivity index (χ1v) is 15.3. The van der Waals surface area contributed by atoms with Gasteiger partial charge in [0.25, 0.3) is 0 Å². The van der Waals surface area contributed by atoms with Crippen LogP contribution in [0.4, 0.5) is 0 Å². The molecule has 0 N–H and O–H groups in total. The van der Waals surface area contributed by atoms with Crippen LogP contribution in [0.3, 0.4) is 0 Å². The summed E-state index contributed by atoms with van der Waals surface area (Å²) in [6.45, 7) is 2.06. The summed E-state index contributed by atoms with van der Waals surface area (Å²) in [5.41, 5.74) is 1.29. The van der Waals surface area contributed by atoms with E-state index in [1.54, 1.807) is 0 Å². The van der Waals surface area contributed by atoms with Gasteiger partial charge in [-0.15, -0.1) is 0 Å². The maximum atomic E-state index is 8.38. The molecule has 0 atom stereocenters. The van der Waals surface area contributed by atoms with E-state index >= 15 is 0 Å². The third kappa shape index (κ3) is 10.6. The molecule has 0 radical (unpaired) electrons. The van der Waals surface area contributed by atoms with Gasteiger partial charge >= 0.3 is 20.4 Å².